The number of benzene rings is 1. The standard InChI is InChI=1S/C26H36N4O/c1-15(2)31-12-11-29-19(6)9-10-22-20(7)27-25-24(21(8)28-30(25)26(22)29)23-17(4)13-16(3)14-18(23)5/h13-15,19H,9-12H2,1-8H3. The molecule has 0 fully saturated rings. The van der Waals surface area contributed by atoms with Crippen molar-refractivity contribution in [3.05, 3.63) is 45.8 Å². The second-order valence-electron chi connectivity index (χ2n) is 9.47. The first-order chi connectivity index (χ1) is 14.7. The predicted molar refractivity (Wildman–Crippen MR) is 128 cm³/mol. The molecule has 3 heterocycles. The Labute approximate surface area is 186 Å². The summed E-state index contributed by atoms with van der Waals surface area (Å²) in [6, 6.07) is 4.96. The Morgan fingerprint density at radius 3 is 2.35 bits per heavy atom. The summed E-state index contributed by atoms with van der Waals surface area (Å²) in [7, 11) is 0. The minimum atomic E-state index is 0.241. The van der Waals surface area contributed by atoms with Crippen molar-refractivity contribution < 1.29 is 4.74 Å². The maximum Gasteiger partial charge on any atom is 0.165 e. The highest BCUT2D eigenvalue weighted by Gasteiger charge is 2.30. The molecule has 1 unspecified atom stereocenters. The van der Waals surface area contributed by atoms with E-state index in [9.17, 15) is 0 Å². The van der Waals surface area contributed by atoms with E-state index < -0.39 is 0 Å². The Bertz CT molecular complexity index is 1110. The minimum Gasteiger partial charge on any atom is -0.377 e. The monoisotopic (exact) mass is 420 g/mol. The van der Waals surface area contributed by atoms with Crippen LogP contribution >= 0.6 is 0 Å². The lowest BCUT2D eigenvalue weighted by Gasteiger charge is -2.37. The maximum atomic E-state index is 5.90. The summed E-state index contributed by atoms with van der Waals surface area (Å²) in [6.45, 7) is 18.9. The second kappa shape index (κ2) is 8.27. The number of anilines is 1. The van der Waals surface area contributed by atoms with E-state index in [-0.39, 0.29) is 6.10 Å². The highest BCUT2D eigenvalue weighted by molar-refractivity contribution is 5.85. The molecule has 1 aliphatic heterocycles. The molecule has 0 saturated carbocycles. The van der Waals surface area contributed by atoms with E-state index in [2.05, 4.69) is 76.9 Å². The predicted octanol–water partition coefficient (Wildman–Crippen LogP) is 5.50. The number of fused-ring (bicyclic) bond motifs is 3. The lowest BCUT2D eigenvalue weighted by atomic mass is 9.93. The third-order valence-corrected chi connectivity index (χ3v) is 6.54. The molecule has 0 bridgehead atoms. The van der Waals surface area contributed by atoms with Crippen LogP contribution in [0, 0.1) is 34.6 Å². The van der Waals surface area contributed by atoms with Crippen LogP contribution in [-0.2, 0) is 11.2 Å². The lowest BCUT2D eigenvalue weighted by molar-refractivity contribution is 0.0828. The zero-order valence-electron chi connectivity index (χ0n) is 20.3. The first kappa shape index (κ1) is 21.8. The van der Waals surface area contributed by atoms with Crippen molar-refractivity contribution in [2.24, 2.45) is 0 Å². The Morgan fingerprint density at radius 2 is 1.71 bits per heavy atom. The first-order valence-corrected chi connectivity index (χ1v) is 11.5. The van der Waals surface area contributed by atoms with Gasteiger partial charge in [0.25, 0.3) is 0 Å². The molecule has 0 amide bonds. The van der Waals surface area contributed by atoms with Gasteiger partial charge >= 0.3 is 0 Å². The Kier molecular flexibility index (Phi) is 5.82. The van der Waals surface area contributed by atoms with Crippen LogP contribution in [0.2, 0.25) is 0 Å². The molecule has 4 rings (SSSR count). The third-order valence-electron chi connectivity index (χ3n) is 6.54. The molecule has 3 aromatic rings. The number of aryl methyl sites for hydroxylation is 5. The normalized spacial score (nSPS) is 16.4. The Balaban J connectivity index is 1.92. The number of nitrogens with zero attached hydrogens (tertiary/aromatic N) is 4. The van der Waals surface area contributed by atoms with E-state index in [1.165, 1.54) is 33.6 Å². The number of hydrogen-bond donors (Lipinski definition) is 0. The van der Waals surface area contributed by atoms with Gasteiger partial charge in [-0.05, 0) is 84.9 Å². The first-order valence-electron chi connectivity index (χ1n) is 11.5. The summed E-state index contributed by atoms with van der Waals surface area (Å²) in [4.78, 5) is 7.58. The second-order valence-corrected chi connectivity index (χ2v) is 9.47. The van der Waals surface area contributed by atoms with Crippen LogP contribution in [0.15, 0.2) is 12.1 Å². The molecule has 5 heteroatoms. The molecule has 2 aromatic heterocycles. The van der Waals surface area contributed by atoms with Crippen molar-refractivity contribution >= 4 is 11.5 Å². The molecule has 1 aromatic carbocycles. The van der Waals surface area contributed by atoms with Crippen molar-refractivity contribution in [3.8, 4) is 11.1 Å². The van der Waals surface area contributed by atoms with Gasteiger partial charge in [-0.2, -0.15) is 9.61 Å². The molecule has 0 radical (unpaired) electrons. The Morgan fingerprint density at radius 1 is 1.03 bits per heavy atom. The summed E-state index contributed by atoms with van der Waals surface area (Å²) in [5.74, 6) is 1.20. The maximum absolute atomic E-state index is 5.90. The molecule has 0 aliphatic carbocycles. The van der Waals surface area contributed by atoms with Gasteiger partial charge in [-0.3, -0.25) is 0 Å². The van der Waals surface area contributed by atoms with Gasteiger partial charge in [0.1, 0.15) is 5.82 Å². The molecular weight excluding hydrogens is 384 g/mol. The van der Waals surface area contributed by atoms with Crippen molar-refractivity contribution in [1.29, 1.82) is 0 Å². The van der Waals surface area contributed by atoms with E-state index in [0.717, 1.165) is 42.0 Å². The fourth-order valence-electron chi connectivity index (χ4n) is 5.17. The van der Waals surface area contributed by atoms with Gasteiger partial charge < -0.3 is 9.64 Å². The number of rotatable bonds is 5. The van der Waals surface area contributed by atoms with Crippen LogP contribution in [0.1, 0.15) is 60.8 Å². The largest absolute Gasteiger partial charge is 0.377 e. The third kappa shape index (κ3) is 3.84. The molecule has 166 valence electrons. The molecule has 1 atom stereocenters. The van der Waals surface area contributed by atoms with Crippen LogP contribution in [0.3, 0.4) is 0 Å². The van der Waals surface area contributed by atoms with Gasteiger partial charge in [-0.1, -0.05) is 17.7 Å². The molecule has 1 aliphatic rings. The van der Waals surface area contributed by atoms with Crippen LogP contribution < -0.4 is 4.90 Å². The van der Waals surface area contributed by atoms with Crippen LogP contribution in [0.5, 0.6) is 0 Å². The molecular formula is C26H36N4O. The fourth-order valence-corrected chi connectivity index (χ4v) is 5.17. The summed E-state index contributed by atoms with van der Waals surface area (Å²) in [5, 5.41) is 5.05. The molecule has 31 heavy (non-hydrogen) atoms. The fraction of sp³-hybridized carbons (Fsp3) is 0.538. The van der Waals surface area contributed by atoms with Gasteiger partial charge in [0.05, 0.1) is 24.0 Å². The quantitative estimate of drug-likeness (QED) is 0.546. The zero-order chi connectivity index (χ0) is 22.4. The summed E-state index contributed by atoms with van der Waals surface area (Å²) in [5.41, 5.74) is 10.7. The zero-order valence-corrected chi connectivity index (χ0v) is 20.3. The average Bonchev–Trinajstić information content (AvgIpc) is 2.98. The summed E-state index contributed by atoms with van der Waals surface area (Å²) < 4.78 is 8.01. The smallest absolute Gasteiger partial charge is 0.165 e. The van der Waals surface area contributed by atoms with E-state index in [0.29, 0.717) is 12.6 Å². The van der Waals surface area contributed by atoms with Crippen molar-refractivity contribution in [2.75, 3.05) is 18.1 Å². The van der Waals surface area contributed by atoms with Gasteiger partial charge in [0.2, 0.25) is 0 Å². The highest BCUT2D eigenvalue weighted by Crippen LogP contribution is 2.38. The van der Waals surface area contributed by atoms with Gasteiger partial charge in [-0.15, -0.1) is 0 Å². The van der Waals surface area contributed by atoms with Crippen LogP contribution in [-0.4, -0.2) is 39.9 Å². The average molecular weight is 421 g/mol. The van der Waals surface area contributed by atoms with E-state index in [4.69, 9.17) is 14.8 Å². The number of hydrogen-bond acceptors (Lipinski definition) is 4. The van der Waals surface area contributed by atoms with Crippen molar-refractivity contribution in [2.45, 2.75) is 80.4 Å². The van der Waals surface area contributed by atoms with Gasteiger partial charge in [-0.25, -0.2) is 4.98 Å². The van der Waals surface area contributed by atoms with E-state index >= 15 is 0 Å². The van der Waals surface area contributed by atoms with E-state index in [1.54, 1.807) is 0 Å². The van der Waals surface area contributed by atoms with Crippen LogP contribution in [0.25, 0.3) is 16.8 Å². The van der Waals surface area contributed by atoms with Crippen molar-refractivity contribution in [3.63, 3.8) is 0 Å². The summed E-state index contributed by atoms with van der Waals surface area (Å²) in [6.07, 6.45) is 2.42. The lowest BCUT2D eigenvalue weighted by Crippen LogP contribution is -2.41. The number of ether oxygens (including phenoxy) is 1. The topological polar surface area (TPSA) is 42.7 Å². The van der Waals surface area contributed by atoms with E-state index in [1.807, 2.05) is 0 Å². The molecule has 0 saturated heterocycles. The molecule has 5 nitrogen and oxygen atoms in total. The molecule has 0 N–H and O–H groups in total. The molecule has 0 spiro atoms. The Hall–Kier alpha value is -2.40. The number of aromatic nitrogens is 3. The van der Waals surface area contributed by atoms with Crippen molar-refractivity contribution in [1.82, 2.24) is 14.6 Å². The SMILES string of the molecule is Cc1cc(C)c(-c2c(C)nn3c4c(c(C)nc23)CCC(C)N4CCOC(C)C)c(C)c1. The van der Waals surface area contributed by atoms with Crippen LogP contribution in [0.4, 0.5) is 5.82 Å². The summed E-state index contributed by atoms with van der Waals surface area (Å²) >= 11 is 0. The minimum absolute atomic E-state index is 0.241. The highest BCUT2D eigenvalue weighted by atomic mass is 16.5. The van der Waals surface area contributed by atoms with Gasteiger partial charge in [0.15, 0.2) is 5.65 Å². The van der Waals surface area contributed by atoms with Gasteiger partial charge in [0, 0.05) is 23.8 Å².